The average Bonchev–Trinajstić information content (AvgIpc) is 2.88. The summed E-state index contributed by atoms with van der Waals surface area (Å²) < 4.78 is 5.45. The first-order valence-electron chi connectivity index (χ1n) is 7.16. The molecule has 2 aliphatic rings. The number of likely N-dealkylation sites (tertiary alicyclic amines) is 1. The van der Waals surface area contributed by atoms with Gasteiger partial charge in [-0.2, -0.15) is 0 Å². The van der Waals surface area contributed by atoms with Crippen LogP contribution >= 0.6 is 0 Å². The monoisotopic (exact) mass is 239 g/mol. The molecule has 98 valence electrons. The first-order chi connectivity index (χ1) is 8.31. The van der Waals surface area contributed by atoms with Crippen LogP contribution in [0.4, 0.5) is 0 Å². The third-order valence-electron chi connectivity index (χ3n) is 4.18. The van der Waals surface area contributed by atoms with Crippen molar-refractivity contribution in [3.05, 3.63) is 0 Å². The zero-order valence-corrected chi connectivity index (χ0v) is 11.0. The Hall–Kier alpha value is -0.570. The van der Waals surface area contributed by atoms with Gasteiger partial charge in [0.25, 0.3) is 0 Å². The highest BCUT2D eigenvalue weighted by molar-refractivity contribution is 5.76. The quantitative estimate of drug-likeness (QED) is 0.666. The van der Waals surface area contributed by atoms with E-state index >= 15 is 0 Å². The Labute approximate surface area is 105 Å². The molecular formula is C14H25NO2. The van der Waals surface area contributed by atoms with Gasteiger partial charge in [0.15, 0.2) is 0 Å². The van der Waals surface area contributed by atoms with E-state index in [1.165, 1.54) is 19.3 Å². The maximum atomic E-state index is 12.0. The van der Waals surface area contributed by atoms with Crippen molar-refractivity contribution in [1.82, 2.24) is 4.90 Å². The van der Waals surface area contributed by atoms with Crippen LogP contribution in [0.15, 0.2) is 0 Å². The molecule has 1 saturated carbocycles. The third-order valence-corrected chi connectivity index (χ3v) is 4.18. The second kappa shape index (κ2) is 6.39. The second-order valence-corrected chi connectivity index (χ2v) is 5.47. The van der Waals surface area contributed by atoms with Crippen molar-refractivity contribution >= 4 is 5.91 Å². The van der Waals surface area contributed by atoms with E-state index in [2.05, 4.69) is 11.8 Å². The lowest BCUT2D eigenvalue weighted by atomic mass is 10.0. The molecule has 1 heterocycles. The van der Waals surface area contributed by atoms with Crippen LogP contribution < -0.4 is 0 Å². The van der Waals surface area contributed by atoms with Gasteiger partial charge in [0, 0.05) is 19.7 Å². The van der Waals surface area contributed by atoms with Crippen LogP contribution in [0, 0.1) is 11.8 Å². The van der Waals surface area contributed by atoms with Gasteiger partial charge in [0.2, 0.25) is 5.91 Å². The Morgan fingerprint density at radius 3 is 2.59 bits per heavy atom. The summed E-state index contributed by atoms with van der Waals surface area (Å²) in [6.07, 6.45) is 6.87. The topological polar surface area (TPSA) is 29.5 Å². The van der Waals surface area contributed by atoms with Crippen LogP contribution in [0.25, 0.3) is 0 Å². The summed E-state index contributed by atoms with van der Waals surface area (Å²) in [5.74, 6) is 1.91. The highest BCUT2D eigenvalue weighted by Gasteiger charge is 2.37. The fourth-order valence-electron chi connectivity index (χ4n) is 3.10. The van der Waals surface area contributed by atoms with Crippen molar-refractivity contribution < 1.29 is 9.53 Å². The standard InChI is InChI=1S/C14H25NO2/c1-2-3-8-17-9-7-14(16)15-10-12-5-4-6-13(12)11-15/h12-13H,2-11H2,1H3. The van der Waals surface area contributed by atoms with Crippen molar-refractivity contribution in [2.24, 2.45) is 11.8 Å². The summed E-state index contributed by atoms with van der Waals surface area (Å²) in [4.78, 5) is 14.0. The predicted octanol–water partition coefficient (Wildman–Crippen LogP) is 2.45. The number of ether oxygens (including phenoxy) is 1. The Bertz CT molecular complexity index is 243. The first-order valence-corrected chi connectivity index (χ1v) is 7.16. The van der Waals surface area contributed by atoms with E-state index in [0.29, 0.717) is 18.9 Å². The maximum Gasteiger partial charge on any atom is 0.224 e. The molecule has 0 radical (unpaired) electrons. The maximum absolute atomic E-state index is 12.0. The van der Waals surface area contributed by atoms with Crippen molar-refractivity contribution in [2.45, 2.75) is 45.4 Å². The molecule has 17 heavy (non-hydrogen) atoms. The van der Waals surface area contributed by atoms with E-state index in [-0.39, 0.29) is 0 Å². The molecule has 0 aromatic carbocycles. The average molecular weight is 239 g/mol. The van der Waals surface area contributed by atoms with Crippen molar-refractivity contribution in [1.29, 1.82) is 0 Å². The molecule has 0 spiro atoms. The number of amides is 1. The van der Waals surface area contributed by atoms with Crippen molar-refractivity contribution in [3.63, 3.8) is 0 Å². The normalized spacial score (nSPS) is 27.5. The molecule has 0 aromatic heterocycles. The summed E-state index contributed by atoms with van der Waals surface area (Å²) in [7, 11) is 0. The molecule has 0 N–H and O–H groups in total. The van der Waals surface area contributed by atoms with Crippen molar-refractivity contribution in [2.75, 3.05) is 26.3 Å². The van der Waals surface area contributed by atoms with Gasteiger partial charge in [-0.25, -0.2) is 0 Å². The highest BCUT2D eigenvalue weighted by Crippen LogP contribution is 2.37. The van der Waals surface area contributed by atoms with E-state index in [1.807, 2.05) is 0 Å². The molecule has 1 aliphatic carbocycles. The Morgan fingerprint density at radius 1 is 1.24 bits per heavy atom. The van der Waals surface area contributed by atoms with Crippen LogP contribution in [0.5, 0.6) is 0 Å². The summed E-state index contributed by atoms with van der Waals surface area (Å²) in [6, 6.07) is 0. The number of fused-ring (bicyclic) bond motifs is 1. The highest BCUT2D eigenvalue weighted by atomic mass is 16.5. The van der Waals surface area contributed by atoms with E-state index < -0.39 is 0 Å². The fraction of sp³-hybridized carbons (Fsp3) is 0.929. The van der Waals surface area contributed by atoms with Gasteiger partial charge in [-0.3, -0.25) is 4.79 Å². The van der Waals surface area contributed by atoms with Gasteiger partial charge < -0.3 is 9.64 Å². The number of carbonyl (C=O) groups excluding carboxylic acids is 1. The largest absolute Gasteiger partial charge is 0.381 e. The fourth-order valence-corrected chi connectivity index (χ4v) is 3.10. The van der Waals surface area contributed by atoms with Crippen LogP contribution in [0.3, 0.4) is 0 Å². The van der Waals surface area contributed by atoms with Crippen LogP contribution in [0.1, 0.15) is 45.4 Å². The molecule has 2 fully saturated rings. The zero-order valence-electron chi connectivity index (χ0n) is 11.0. The van der Waals surface area contributed by atoms with Gasteiger partial charge in [-0.1, -0.05) is 19.8 Å². The van der Waals surface area contributed by atoms with Gasteiger partial charge in [-0.15, -0.1) is 0 Å². The minimum Gasteiger partial charge on any atom is -0.381 e. The summed E-state index contributed by atoms with van der Waals surface area (Å²) in [5.41, 5.74) is 0. The summed E-state index contributed by atoms with van der Waals surface area (Å²) in [6.45, 7) is 5.58. The number of carbonyl (C=O) groups is 1. The molecule has 1 saturated heterocycles. The minimum atomic E-state index is 0.302. The van der Waals surface area contributed by atoms with Gasteiger partial charge in [-0.05, 0) is 31.1 Å². The lowest BCUT2D eigenvalue weighted by molar-refractivity contribution is -0.131. The molecule has 1 aliphatic heterocycles. The lowest BCUT2D eigenvalue weighted by Gasteiger charge is -2.17. The number of nitrogens with zero attached hydrogens (tertiary/aromatic N) is 1. The van der Waals surface area contributed by atoms with Gasteiger partial charge in [0.05, 0.1) is 13.0 Å². The van der Waals surface area contributed by atoms with E-state index in [9.17, 15) is 4.79 Å². The molecular weight excluding hydrogens is 214 g/mol. The second-order valence-electron chi connectivity index (χ2n) is 5.47. The number of rotatable bonds is 6. The predicted molar refractivity (Wildman–Crippen MR) is 67.8 cm³/mol. The minimum absolute atomic E-state index is 0.302. The molecule has 2 atom stereocenters. The van der Waals surface area contributed by atoms with Crippen LogP contribution in [0.2, 0.25) is 0 Å². The number of hydrogen-bond acceptors (Lipinski definition) is 2. The summed E-state index contributed by atoms with van der Waals surface area (Å²) >= 11 is 0. The third kappa shape index (κ3) is 3.44. The van der Waals surface area contributed by atoms with E-state index in [0.717, 1.165) is 44.4 Å². The molecule has 0 aromatic rings. The molecule has 2 unspecified atom stereocenters. The molecule has 2 rings (SSSR count). The number of unbranched alkanes of at least 4 members (excludes halogenated alkanes) is 1. The molecule has 1 amide bonds. The van der Waals surface area contributed by atoms with Gasteiger partial charge in [0.1, 0.15) is 0 Å². The zero-order chi connectivity index (χ0) is 12.1. The van der Waals surface area contributed by atoms with Crippen LogP contribution in [-0.4, -0.2) is 37.1 Å². The van der Waals surface area contributed by atoms with E-state index in [4.69, 9.17) is 4.74 Å². The lowest BCUT2D eigenvalue weighted by Crippen LogP contribution is -2.30. The molecule has 0 bridgehead atoms. The van der Waals surface area contributed by atoms with Crippen LogP contribution in [-0.2, 0) is 9.53 Å². The number of hydrogen-bond donors (Lipinski definition) is 0. The van der Waals surface area contributed by atoms with Gasteiger partial charge >= 0.3 is 0 Å². The smallest absolute Gasteiger partial charge is 0.224 e. The van der Waals surface area contributed by atoms with Crippen molar-refractivity contribution in [3.8, 4) is 0 Å². The Kier molecular flexibility index (Phi) is 4.84. The molecule has 3 heteroatoms. The first kappa shape index (κ1) is 12.9. The SMILES string of the molecule is CCCCOCCC(=O)N1CC2CCCC2C1. The van der Waals surface area contributed by atoms with E-state index in [1.54, 1.807) is 0 Å². The molecule has 3 nitrogen and oxygen atoms in total. The Morgan fingerprint density at radius 2 is 1.94 bits per heavy atom. The summed E-state index contributed by atoms with van der Waals surface area (Å²) in [5, 5.41) is 0. The Balaban J connectivity index is 1.60.